The molecule has 3 N–H and O–H groups in total. The number of hydrogen-bond donors (Lipinski definition) is 2. The minimum Gasteiger partial charge on any atom is -0.493 e. The van der Waals surface area contributed by atoms with Gasteiger partial charge < -0.3 is 25.3 Å². The maximum Gasteiger partial charge on any atom is 0.387 e. The van der Waals surface area contributed by atoms with Crippen LogP contribution in [0.1, 0.15) is 5.56 Å². The van der Waals surface area contributed by atoms with E-state index in [1.807, 2.05) is 0 Å². The maximum absolute atomic E-state index is 12.3. The van der Waals surface area contributed by atoms with Gasteiger partial charge in [0.15, 0.2) is 11.5 Å². The summed E-state index contributed by atoms with van der Waals surface area (Å²) in [4.78, 5) is 10.4. The molecule has 0 atom stereocenters. The predicted molar refractivity (Wildman–Crippen MR) is 71.3 cm³/mol. The number of ether oxygens (including phenoxy) is 3. The van der Waals surface area contributed by atoms with Crippen LogP contribution in [-0.2, 0) is 16.1 Å². The third kappa shape index (κ3) is 6.87. The Balaban J connectivity index is 2.42. The highest BCUT2D eigenvalue weighted by Gasteiger charge is 2.11. The Morgan fingerprint density at radius 2 is 2.14 bits per heavy atom. The van der Waals surface area contributed by atoms with Crippen LogP contribution < -0.4 is 20.5 Å². The first-order valence-electron chi connectivity index (χ1n) is 6.21. The van der Waals surface area contributed by atoms with Crippen LogP contribution in [0.3, 0.4) is 0 Å². The molecule has 0 aliphatic carbocycles. The van der Waals surface area contributed by atoms with Gasteiger partial charge in [0, 0.05) is 13.1 Å². The molecule has 8 heteroatoms. The van der Waals surface area contributed by atoms with Gasteiger partial charge in [0.25, 0.3) is 0 Å². The number of methoxy groups -OCH3 is 1. The van der Waals surface area contributed by atoms with Gasteiger partial charge >= 0.3 is 6.61 Å². The molecule has 1 aromatic carbocycles. The van der Waals surface area contributed by atoms with E-state index in [0.717, 1.165) is 5.56 Å². The number of rotatable bonds is 10. The molecule has 0 aliphatic rings. The number of nitrogens with one attached hydrogen (secondary N) is 1. The minimum absolute atomic E-state index is 0.0169. The molecule has 0 heterocycles. The van der Waals surface area contributed by atoms with Crippen molar-refractivity contribution in [2.75, 3.05) is 26.9 Å². The molecular weight excluding hydrogens is 286 g/mol. The predicted octanol–water partition coefficient (Wildman–Crippen LogP) is 0.888. The summed E-state index contributed by atoms with van der Waals surface area (Å²) in [6.45, 7) is -1.80. The van der Waals surface area contributed by atoms with Crippen LogP contribution in [-0.4, -0.2) is 39.4 Å². The van der Waals surface area contributed by atoms with Crippen LogP contribution in [0, 0.1) is 0 Å². The van der Waals surface area contributed by atoms with Gasteiger partial charge in [-0.05, 0) is 17.7 Å². The highest BCUT2D eigenvalue weighted by atomic mass is 19.3. The van der Waals surface area contributed by atoms with Crippen LogP contribution in [0.4, 0.5) is 8.78 Å². The second kappa shape index (κ2) is 9.09. The molecule has 0 saturated heterocycles. The summed E-state index contributed by atoms with van der Waals surface area (Å²) in [6.07, 6.45) is 0. The zero-order chi connectivity index (χ0) is 15.7. The van der Waals surface area contributed by atoms with E-state index in [-0.39, 0.29) is 18.1 Å². The van der Waals surface area contributed by atoms with Gasteiger partial charge in [-0.1, -0.05) is 6.07 Å². The molecule has 6 nitrogen and oxygen atoms in total. The first kappa shape index (κ1) is 17.1. The van der Waals surface area contributed by atoms with Crippen molar-refractivity contribution in [1.29, 1.82) is 0 Å². The van der Waals surface area contributed by atoms with Crippen molar-refractivity contribution in [2.45, 2.75) is 13.2 Å². The van der Waals surface area contributed by atoms with Crippen LogP contribution in [0.5, 0.6) is 11.5 Å². The minimum atomic E-state index is -2.91. The quantitative estimate of drug-likeness (QED) is 0.627. The zero-order valence-electron chi connectivity index (χ0n) is 11.6. The monoisotopic (exact) mass is 304 g/mol. The number of alkyl halides is 2. The number of carbonyl (C=O) groups excluding carboxylic acids is 1. The smallest absolute Gasteiger partial charge is 0.387 e. The van der Waals surface area contributed by atoms with Gasteiger partial charge in [0.05, 0.1) is 13.7 Å². The van der Waals surface area contributed by atoms with Gasteiger partial charge in [-0.15, -0.1) is 0 Å². The van der Waals surface area contributed by atoms with Gasteiger partial charge in [-0.25, -0.2) is 0 Å². The molecule has 1 amide bonds. The Morgan fingerprint density at radius 1 is 1.38 bits per heavy atom. The van der Waals surface area contributed by atoms with Crippen molar-refractivity contribution in [1.82, 2.24) is 5.32 Å². The Bertz CT molecular complexity index is 458. The third-order valence-electron chi connectivity index (χ3n) is 2.44. The Labute approximate surface area is 121 Å². The molecule has 0 aliphatic heterocycles. The number of amides is 1. The van der Waals surface area contributed by atoms with E-state index in [9.17, 15) is 13.6 Å². The Hall–Kier alpha value is -1.93. The second-order valence-corrected chi connectivity index (χ2v) is 4.06. The van der Waals surface area contributed by atoms with Crippen LogP contribution in [0.2, 0.25) is 0 Å². The van der Waals surface area contributed by atoms with Gasteiger partial charge in [0.1, 0.15) is 6.61 Å². The summed E-state index contributed by atoms with van der Waals surface area (Å²) in [7, 11) is 1.38. The molecule has 0 unspecified atom stereocenters. The number of nitrogens with two attached hydrogens (primary N) is 1. The SMILES string of the molecule is COc1ccc(CNCCOCC(N)=O)cc1OC(F)F. The largest absolute Gasteiger partial charge is 0.493 e. The first-order chi connectivity index (χ1) is 10.0. The summed E-state index contributed by atoms with van der Waals surface area (Å²) in [5, 5.41) is 3.03. The van der Waals surface area contributed by atoms with E-state index in [4.69, 9.17) is 15.2 Å². The molecular formula is C13H18F2N2O4. The molecule has 21 heavy (non-hydrogen) atoms. The Kier molecular flexibility index (Phi) is 7.41. The number of hydrogen-bond acceptors (Lipinski definition) is 5. The number of halogens is 2. The molecule has 1 aromatic rings. The molecule has 0 radical (unpaired) electrons. The lowest BCUT2D eigenvalue weighted by Crippen LogP contribution is -2.23. The van der Waals surface area contributed by atoms with Crippen molar-refractivity contribution in [3.63, 3.8) is 0 Å². The molecule has 0 spiro atoms. The molecule has 1 rings (SSSR count). The molecule has 0 bridgehead atoms. The van der Waals surface area contributed by atoms with E-state index in [1.54, 1.807) is 12.1 Å². The van der Waals surface area contributed by atoms with E-state index in [1.165, 1.54) is 13.2 Å². The fraction of sp³-hybridized carbons (Fsp3) is 0.462. The highest BCUT2D eigenvalue weighted by molar-refractivity contribution is 5.74. The van der Waals surface area contributed by atoms with Crippen LogP contribution in [0.15, 0.2) is 18.2 Å². The summed E-state index contributed by atoms with van der Waals surface area (Å²) in [5.74, 6) is -0.306. The summed E-state index contributed by atoms with van der Waals surface area (Å²) >= 11 is 0. The lowest BCUT2D eigenvalue weighted by atomic mass is 10.2. The Morgan fingerprint density at radius 3 is 2.76 bits per heavy atom. The summed E-state index contributed by atoms with van der Waals surface area (Å²) < 4.78 is 38.8. The number of primary amides is 1. The molecule has 0 aromatic heterocycles. The molecule has 118 valence electrons. The summed E-state index contributed by atoms with van der Waals surface area (Å²) in [6, 6.07) is 4.76. The topological polar surface area (TPSA) is 82.8 Å². The van der Waals surface area contributed by atoms with Crippen LogP contribution >= 0.6 is 0 Å². The average Bonchev–Trinajstić information content (AvgIpc) is 2.42. The van der Waals surface area contributed by atoms with Gasteiger partial charge in [-0.2, -0.15) is 8.78 Å². The van der Waals surface area contributed by atoms with Gasteiger partial charge in [0.2, 0.25) is 5.91 Å². The number of benzene rings is 1. The molecule has 0 fully saturated rings. The normalized spacial score (nSPS) is 10.7. The van der Waals surface area contributed by atoms with Gasteiger partial charge in [-0.3, -0.25) is 4.79 Å². The summed E-state index contributed by atoms with van der Waals surface area (Å²) in [5.41, 5.74) is 5.66. The van der Waals surface area contributed by atoms with Crippen molar-refractivity contribution in [2.24, 2.45) is 5.73 Å². The van der Waals surface area contributed by atoms with E-state index in [2.05, 4.69) is 10.1 Å². The third-order valence-corrected chi connectivity index (χ3v) is 2.44. The van der Waals surface area contributed by atoms with Crippen LogP contribution in [0.25, 0.3) is 0 Å². The van der Waals surface area contributed by atoms with Crippen molar-refractivity contribution in [3.8, 4) is 11.5 Å². The van der Waals surface area contributed by atoms with E-state index < -0.39 is 12.5 Å². The fourth-order valence-corrected chi connectivity index (χ4v) is 1.57. The van der Waals surface area contributed by atoms with E-state index in [0.29, 0.717) is 19.7 Å². The first-order valence-corrected chi connectivity index (χ1v) is 6.21. The highest BCUT2D eigenvalue weighted by Crippen LogP contribution is 2.29. The van der Waals surface area contributed by atoms with Crippen molar-refractivity contribution < 1.29 is 27.8 Å². The maximum atomic E-state index is 12.3. The fourth-order valence-electron chi connectivity index (χ4n) is 1.57. The van der Waals surface area contributed by atoms with Crippen molar-refractivity contribution in [3.05, 3.63) is 23.8 Å². The lowest BCUT2D eigenvalue weighted by Gasteiger charge is -2.12. The standard InChI is InChI=1S/C13H18F2N2O4/c1-19-10-3-2-9(6-11(10)21-13(14)15)7-17-4-5-20-8-12(16)18/h2-3,6,13,17H,4-5,7-8H2,1H3,(H2,16,18). The van der Waals surface area contributed by atoms with E-state index >= 15 is 0 Å². The second-order valence-electron chi connectivity index (χ2n) is 4.06. The number of carbonyl (C=O) groups is 1. The van der Waals surface area contributed by atoms with Crippen molar-refractivity contribution >= 4 is 5.91 Å². The average molecular weight is 304 g/mol. The lowest BCUT2D eigenvalue weighted by molar-refractivity contribution is -0.122. The zero-order valence-corrected chi connectivity index (χ0v) is 11.6. The molecule has 0 saturated carbocycles.